The number of aryl methyl sites for hydroxylation is 1. The van der Waals surface area contributed by atoms with Crippen molar-refractivity contribution in [1.82, 2.24) is 5.32 Å². The Labute approximate surface area is 92.3 Å². The summed E-state index contributed by atoms with van der Waals surface area (Å²) in [4.78, 5) is 0. The van der Waals surface area contributed by atoms with E-state index in [1.165, 1.54) is 5.56 Å². The molecule has 0 aliphatic heterocycles. The number of aliphatic hydroxyl groups is 1. The zero-order valence-corrected chi connectivity index (χ0v) is 9.45. The summed E-state index contributed by atoms with van der Waals surface area (Å²) < 4.78 is 0. The molecule has 1 rings (SSSR count). The number of nitrogens with one attached hydrogen (secondary N) is 1. The molecule has 1 aromatic carbocycles. The largest absolute Gasteiger partial charge is 0.395 e. The van der Waals surface area contributed by atoms with Gasteiger partial charge in [-0.15, -0.1) is 0 Å². The quantitative estimate of drug-likeness (QED) is 0.670. The summed E-state index contributed by atoms with van der Waals surface area (Å²) in [6, 6.07) is 10.8. The van der Waals surface area contributed by atoms with Crippen molar-refractivity contribution in [3.05, 3.63) is 35.9 Å². The van der Waals surface area contributed by atoms with Crippen LogP contribution in [0, 0.1) is 0 Å². The van der Waals surface area contributed by atoms with Crippen molar-refractivity contribution in [3.63, 3.8) is 0 Å². The van der Waals surface area contributed by atoms with Crippen LogP contribution in [0.4, 0.5) is 0 Å². The van der Waals surface area contributed by atoms with Gasteiger partial charge in [0.15, 0.2) is 0 Å². The predicted octanol–water partition coefficient (Wildman–Crippen LogP) is 1.98. The van der Waals surface area contributed by atoms with E-state index in [4.69, 9.17) is 5.11 Å². The Balaban J connectivity index is 2.12. The van der Waals surface area contributed by atoms with Gasteiger partial charge in [-0.3, -0.25) is 0 Å². The Kier molecular flexibility index (Phi) is 6.05. The molecular weight excluding hydrogens is 186 g/mol. The molecule has 0 unspecified atom stereocenters. The number of rotatable bonds is 7. The van der Waals surface area contributed by atoms with E-state index in [-0.39, 0.29) is 12.6 Å². The van der Waals surface area contributed by atoms with Crippen molar-refractivity contribution >= 4 is 0 Å². The van der Waals surface area contributed by atoms with Gasteiger partial charge in [-0.2, -0.15) is 0 Å². The van der Waals surface area contributed by atoms with Crippen LogP contribution in [0.2, 0.25) is 0 Å². The highest BCUT2D eigenvalue weighted by Crippen LogP contribution is 2.01. The predicted molar refractivity (Wildman–Crippen MR) is 63.9 cm³/mol. The maximum atomic E-state index is 8.98. The third-order valence-corrected chi connectivity index (χ3v) is 2.63. The molecule has 2 heteroatoms. The van der Waals surface area contributed by atoms with Gasteiger partial charge in [0.2, 0.25) is 0 Å². The first-order chi connectivity index (χ1) is 7.36. The van der Waals surface area contributed by atoms with E-state index in [0.717, 1.165) is 25.8 Å². The molecule has 2 nitrogen and oxygen atoms in total. The SMILES string of the molecule is CC[C@H](CO)NCCCc1ccccc1. The van der Waals surface area contributed by atoms with Gasteiger partial charge in [-0.05, 0) is 31.4 Å². The highest BCUT2D eigenvalue weighted by atomic mass is 16.3. The fourth-order valence-electron chi connectivity index (χ4n) is 1.58. The van der Waals surface area contributed by atoms with E-state index >= 15 is 0 Å². The highest BCUT2D eigenvalue weighted by Gasteiger charge is 2.01. The normalized spacial score (nSPS) is 12.7. The van der Waals surface area contributed by atoms with Crippen LogP contribution in [-0.2, 0) is 6.42 Å². The third-order valence-electron chi connectivity index (χ3n) is 2.63. The fraction of sp³-hybridized carbons (Fsp3) is 0.538. The fourth-order valence-corrected chi connectivity index (χ4v) is 1.58. The van der Waals surface area contributed by atoms with Crippen molar-refractivity contribution in [2.75, 3.05) is 13.2 Å². The summed E-state index contributed by atoms with van der Waals surface area (Å²) in [5.41, 5.74) is 1.39. The van der Waals surface area contributed by atoms with Crippen molar-refractivity contribution in [1.29, 1.82) is 0 Å². The van der Waals surface area contributed by atoms with Crippen molar-refractivity contribution < 1.29 is 5.11 Å². The van der Waals surface area contributed by atoms with E-state index in [1.54, 1.807) is 0 Å². The van der Waals surface area contributed by atoms with Crippen LogP contribution in [0.1, 0.15) is 25.3 Å². The Morgan fingerprint density at radius 2 is 2.00 bits per heavy atom. The second-order valence-corrected chi connectivity index (χ2v) is 3.83. The molecule has 0 aliphatic carbocycles. The number of hydrogen-bond acceptors (Lipinski definition) is 2. The lowest BCUT2D eigenvalue weighted by molar-refractivity contribution is 0.239. The smallest absolute Gasteiger partial charge is 0.0584 e. The summed E-state index contributed by atoms with van der Waals surface area (Å²) in [5, 5.41) is 12.3. The van der Waals surface area contributed by atoms with Crippen LogP contribution >= 0.6 is 0 Å². The Morgan fingerprint density at radius 1 is 1.27 bits per heavy atom. The standard InChI is InChI=1S/C13H21NO/c1-2-13(11-15)14-10-6-9-12-7-4-3-5-8-12/h3-5,7-8,13-15H,2,6,9-11H2,1H3/t13-/m1/s1. The summed E-state index contributed by atoms with van der Waals surface area (Å²) in [6.07, 6.45) is 3.22. The Morgan fingerprint density at radius 3 is 2.60 bits per heavy atom. The molecule has 0 saturated heterocycles. The molecular formula is C13H21NO. The van der Waals surface area contributed by atoms with Gasteiger partial charge in [0.25, 0.3) is 0 Å². The van der Waals surface area contributed by atoms with E-state index in [0.29, 0.717) is 0 Å². The maximum absolute atomic E-state index is 8.98. The molecule has 0 aliphatic rings. The summed E-state index contributed by atoms with van der Waals surface area (Å²) in [6.45, 7) is 3.31. The Bertz CT molecular complexity index is 244. The first-order valence-electron chi connectivity index (χ1n) is 5.75. The van der Waals surface area contributed by atoms with Gasteiger partial charge < -0.3 is 10.4 Å². The second kappa shape index (κ2) is 7.43. The van der Waals surface area contributed by atoms with Gasteiger partial charge in [0.1, 0.15) is 0 Å². The van der Waals surface area contributed by atoms with E-state index in [1.807, 2.05) is 6.07 Å². The maximum Gasteiger partial charge on any atom is 0.0584 e. The first-order valence-corrected chi connectivity index (χ1v) is 5.75. The van der Waals surface area contributed by atoms with Gasteiger partial charge >= 0.3 is 0 Å². The summed E-state index contributed by atoms with van der Waals surface area (Å²) >= 11 is 0. The molecule has 0 aromatic heterocycles. The minimum absolute atomic E-state index is 0.238. The van der Waals surface area contributed by atoms with Crippen LogP contribution in [0.3, 0.4) is 0 Å². The number of aliphatic hydroxyl groups excluding tert-OH is 1. The van der Waals surface area contributed by atoms with Gasteiger partial charge in [0.05, 0.1) is 6.61 Å². The van der Waals surface area contributed by atoms with Crippen LogP contribution in [0.25, 0.3) is 0 Å². The van der Waals surface area contributed by atoms with Crippen LogP contribution in [0.5, 0.6) is 0 Å². The highest BCUT2D eigenvalue weighted by molar-refractivity contribution is 5.14. The monoisotopic (exact) mass is 207 g/mol. The third kappa shape index (κ3) is 4.96. The van der Waals surface area contributed by atoms with Crippen molar-refractivity contribution in [2.24, 2.45) is 0 Å². The lowest BCUT2D eigenvalue weighted by Crippen LogP contribution is -2.32. The van der Waals surface area contributed by atoms with Crippen LogP contribution in [0.15, 0.2) is 30.3 Å². The molecule has 0 heterocycles. The van der Waals surface area contributed by atoms with Gasteiger partial charge in [-0.1, -0.05) is 37.3 Å². The molecule has 0 bridgehead atoms. The minimum atomic E-state index is 0.238. The van der Waals surface area contributed by atoms with Crippen molar-refractivity contribution in [3.8, 4) is 0 Å². The van der Waals surface area contributed by atoms with Gasteiger partial charge in [-0.25, -0.2) is 0 Å². The average Bonchev–Trinajstić information content (AvgIpc) is 2.31. The number of hydrogen-bond donors (Lipinski definition) is 2. The molecule has 1 aromatic rings. The summed E-state index contributed by atoms with van der Waals surface area (Å²) in [7, 11) is 0. The summed E-state index contributed by atoms with van der Waals surface area (Å²) in [5.74, 6) is 0. The lowest BCUT2D eigenvalue weighted by Gasteiger charge is -2.13. The van der Waals surface area contributed by atoms with Crippen LogP contribution in [-0.4, -0.2) is 24.3 Å². The van der Waals surface area contributed by atoms with Gasteiger partial charge in [0, 0.05) is 6.04 Å². The van der Waals surface area contributed by atoms with Crippen LogP contribution < -0.4 is 5.32 Å². The molecule has 0 saturated carbocycles. The zero-order chi connectivity index (χ0) is 10.9. The van der Waals surface area contributed by atoms with E-state index in [9.17, 15) is 0 Å². The van der Waals surface area contributed by atoms with E-state index < -0.39 is 0 Å². The zero-order valence-electron chi connectivity index (χ0n) is 9.45. The minimum Gasteiger partial charge on any atom is -0.395 e. The molecule has 2 N–H and O–H groups in total. The topological polar surface area (TPSA) is 32.3 Å². The molecule has 15 heavy (non-hydrogen) atoms. The first kappa shape index (κ1) is 12.2. The van der Waals surface area contributed by atoms with E-state index in [2.05, 4.69) is 36.5 Å². The molecule has 0 amide bonds. The number of benzene rings is 1. The molecule has 0 radical (unpaired) electrons. The Hall–Kier alpha value is -0.860. The molecule has 0 fully saturated rings. The average molecular weight is 207 g/mol. The molecule has 84 valence electrons. The van der Waals surface area contributed by atoms with Crippen molar-refractivity contribution in [2.45, 2.75) is 32.2 Å². The molecule has 1 atom stereocenters. The lowest BCUT2D eigenvalue weighted by atomic mass is 10.1. The second-order valence-electron chi connectivity index (χ2n) is 3.83. The molecule has 0 spiro atoms.